The number of alkyl halides is 3. The second-order valence-electron chi connectivity index (χ2n) is 3.56. The lowest BCUT2D eigenvalue weighted by Crippen LogP contribution is -2.28. The van der Waals surface area contributed by atoms with Crippen molar-refractivity contribution in [2.45, 2.75) is 10.7 Å². The molecule has 0 saturated heterocycles. The second kappa shape index (κ2) is 3.97. The Morgan fingerprint density at radius 2 is 1.61 bits per heavy atom. The van der Waals surface area contributed by atoms with Gasteiger partial charge in [0.2, 0.25) is 0 Å². The summed E-state index contributed by atoms with van der Waals surface area (Å²) in [6, 6.07) is 0.0834. The Morgan fingerprint density at radius 1 is 1.06 bits per heavy atom. The Morgan fingerprint density at radius 3 is 2.17 bits per heavy atom. The van der Waals surface area contributed by atoms with E-state index >= 15 is 0 Å². The summed E-state index contributed by atoms with van der Waals surface area (Å²) in [6.07, 6.45) is -2.92. The summed E-state index contributed by atoms with van der Waals surface area (Å²) >= 11 is 1.95. The first-order valence-corrected chi connectivity index (χ1v) is 5.24. The lowest BCUT2D eigenvalue weighted by molar-refractivity contribution is 0.144. The smallest absolute Gasteiger partial charge is 0.237 e. The molecule has 0 saturated carbocycles. The van der Waals surface area contributed by atoms with Gasteiger partial charge in [-0.15, -0.1) is 0 Å². The molecular weight excluding hydrogens is 333 g/mol. The highest BCUT2D eigenvalue weighted by molar-refractivity contribution is 9.10. The molecule has 1 aliphatic rings. The van der Waals surface area contributed by atoms with Crippen LogP contribution in [0.4, 0.5) is 30.7 Å². The molecule has 2 rings (SSSR count). The van der Waals surface area contributed by atoms with E-state index in [2.05, 4.69) is 0 Å². The van der Waals surface area contributed by atoms with Crippen molar-refractivity contribution < 1.29 is 30.7 Å². The van der Waals surface area contributed by atoms with Crippen LogP contribution in [0.25, 0.3) is 5.83 Å². The number of allylic oxidation sites excluding steroid dienone is 1. The van der Waals surface area contributed by atoms with Gasteiger partial charge < -0.3 is 0 Å². The highest BCUT2D eigenvalue weighted by atomic mass is 79.9. The second-order valence-corrected chi connectivity index (χ2v) is 4.72. The maximum atomic E-state index is 13.6. The molecule has 2 atom stereocenters. The predicted molar refractivity (Wildman–Crippen MR) is 52.1 cm³/mol. The summed E-state index contributed by atoms with van der Waals surface area (Å²) in [7, 11) is 0. The van der Waals surface area contributed by atoms with Crippen LogP contribution in [0.15, 0.2) is 11.9 Å². The summed E-state index contributed by atoms with van der Waals surface area (Å²) in [5, 5.41) is 0. The minimum Gasteiger partial charge on any atom is -0.237 e. The molecule has 0 heterocycles. The zero-order chi connectivity index (χ0) is 13.8. The van der Waals surface area contributed by atoms with Crippen LogP contribution in [0.1, 0.15) is 17.3 Å². The van der Waals surface area contributed by atoms with Gasteiger partial charge in [-0.05, 0) is 22.0 Å². The lowest BCUT2D eigenvalue weighted by Gasteiger charge is -2.28. The third kappa shape index (κ3) is 1.58. The molecule has 0 nitrogen and oxygen atoms in total. The fraction of sp³-hybridized carbons (Fsp3) is 0.200. The zero-order valence-corrected chi connectivity index (χ0v) is 9.76. The number of rotatable bonds is 0. The lowest BCUT2D eigenvalue weighted by atomic mass is 9.92. The molecule has 2 unspecified atom stereocenters. The van der Waals surface area contributed by atoms with Crippen LogP contribution in [0.2, 0.25) is 0 Å². The van der Waals surface area contributed by atoms with E-state index in [1.807, 2.05) is 15.9 Å². The molecule has 0 bridgehead atoms. The van der Waals surface area contributed by atoms with Gasteiger partial charge in [0.1, 0.15) is 0 Å². The first kappa shape index (κ1) is 13.4. The maximum absolute atomic E-state index is 13.6. The van der Waals surface area contributed by atoms with Crippen molar-refractivity contribution in [1.29, 1.82) is 0 Å². The van der Waals surface area contributed by atoms with Crippen molar-refractivity contribution in [2.75, 3.05) is 0 Å². The quantitative estimate of drug-likeness (QED) is 0.363. The van der Waals surface area contributed by atoms with Crippen LogP contribution in [-0.2, 0) is 0 Å². The zero-order valence-electron chi connectivity index (χ0n) is 8.18. The summed E-state index contributed by atoms with van der Waals surface area (Å²) in [5.41, 5.74) is -2.60. The van der Waals surface area contributed by atoms with Gasteiger partial charge in [-0.2, -0.15) is 0 Å². The largest absolute Gasteiger partial charge is 0.253 e. The van der Waals surface area contributed by atoms with Crippen molar-refractivity contribution in [2.24, 2.45) is 0 Å². The van der Waals surface area contributed by atoms with Gasteiger partial charge in [0.05, 0.1) is 5.56 Å². The first-order valence-electron chi connectivity index (χ1n) is 4.45. The van der Waals surface area contributed by atoms with E-state index < -0.39 is 51.0 Å². The maximum Gasteiger partial charge on any atom is 0.253 e. The van der Waals surface area contributed by atoms with Gasteiger partial charge in [-0.25, -0.2) is 30.7 Å². The molecule has 0 amide bonds. The van der Waals surface area contributed by atoms with E-state index in [1.165, 1.54) is 0 Å². The van der Waals surface area contributed by atoms with Gasteiger partial charge in [0.25, 0.3) is 4.58 Å². The molecular formula is C10H2BrF7. The fourth-order valence-electron chi connectivity index (χ4n) is 1.60. The average Bonchev–Trinajstić information content (AvgIpc) is 2.31. The molecule has 1 aromatic carbocycles. The Balaban J connectivity index is 2.86. The van der Waals surface area contributed by atoms with Gasteiger partial charge in [-0.1, -0.05) is 0 Å². The van der Waals surface area contributed by atoms with Crippen LogP contribution in [0, 0.1) is 17.5 Å². The summed E-state index contributed by atoms with van der Waals surface area (Å²) in [4.78, 5) is 0. The molecule has 1 aliphatic carbocycles. The topological polar surface area (TPSA) is 0 Å². The SMILES string of the molecule is FC1=C(F)C(F)(Br)C(F)c2cc(F)c(F)c(F)c21. The third-order valence-corrected chi connectivity index (χ3v) is 3.24. The first-order chi connectivity index (χ1) is 8.19. The number of hydrogen-bond acceptors (Lipinski definition) is 0. The van der Waals surface area contributed by atoms with Gasteiger partial charge >= 0.3 is 0 Å². The molecule has 18 heavy (non-hydrogen) atoms. The van der Waals surface area contributed by atoms with Crippen LogP contribution in [0.5, 0.6) is 0 Å². The van der Waals surface area contributed by atoms with Crippen molar-refractivity contribution >= 4 is 21.8 Å². The highest BCUT2D eigenvalue weighted by Gasteiger charge is 2.51. The summed E-state index contributed by atoms with van der Waals surface area (Å²) < 4.78 is 88.9. The Bertz CT molecular complexity index is 564. The standard InChI is InChI=1S/C10H2BrF7/c11-10(18)8(16)2-1-3(12)5(13)6(14)4(2)7(15)9(10)17/h1,8H. The number of fused-ring (bicyclic) bond motifs is 1. The van der Waals surface area contributed by atoms with Crippen LogP contribution in [-0.4, -0.2) is 4.58 Å². The van der Waals surface area contributed by atoms with Crippen molar-refractivity contribution in [3.63, 3.8) is 0 Å². The summed E-state index contributed by atoms with van der Waals surface area (Å²) in [5.74, 6) is -10.4. The third-order valence-electron chi connectivity index (χ3n) is 2.49. The monoisotopic (exact) mass is 334 g/mol. The fourth-order valence-corrected chi connectivity index (χ4v) is 2.02. The van der Waals surface area contributed by atoms with Crippen LogP contribution < -0.4 is 0 Å². The molecule has 0 N–H and O–H groups in total. The Labute approximate surface area is 104 Å². The highest BCUT2D eigenvalue weighted by Crippen LogP contribution is 2.53. The van der Waals surface area contributed by atoms with Crippen LogP contribution in [0.3, 0.4) is 0 Å². The molecule has 0 radical (unpaired) electrons. The van der Waals surface area contributed by atoms with Crippen molar-refractivity contribution in [3.8, 4) is 0 Å². The van der Waals surface area contributed by atoms with Gasteiger partial charge in [0, 0.05) is 5.56 Å². The van der Waals surface area contributed by atoms with Crippen molar-refractivity contribution in [1.82, 2.24) is 0 Å². The van der Waals surface area contributed by atoms with Crippen LogP contribution >= 0.6 is 15.9 Å². The molecule has 0 aromatic heterocycles. The Hall–Kier alpha value is -1.05. The molecule has 0 spiro atoms. The number of hydrogen-bond donors (Lipinski definition) is 0. The minimum atomic E-state index is -3.58. The molecule has 1 aromatic rings. The summed E-state index contributed by atoms with van der Waals surface area (Å²) in [6.45, 7) is 0. The van der Waals surface area contributed by atoms with E-state index in [9.17, 15) is 30.7 Å². The molecule has 8 heteroatoms. The van der Waals surface area contributed by atoms with E-state index in [-0.39, 0.29) is 6.07 Å². The molecule has 0 fully saturated rings. The number of benzene rings is 1. The van der Waals surface area contributed by atoms with Gasteiger partial charge in [0.15, 0.2) is 35.3 Å². The van der Waals surface area contributed by atoms with E-state index in [1.54, 1.807) is 0 Å². The van der Waals surface area contributed by atoms with E-state index in [4.69, 9.17) is 0 Å². The Kier molecular flexibility index (Phi) is 2.95. The van der Waals surface area contributed by atoms with Crippen molar-refractivity contribution in [3.05, 3.63) is 40.5 Å². The average molecular weight is 335 g/mol. The number of halogens is 8. The van der Waals surface area contributed by atoms with Gasteiger partial charge in [-0.3, -0.25) is 0 Å². The van der Waals surface area contributed by atoms with E-state index in [0.29, 0.717) is 0 Å². The van der Waals surface area contributed by atoms with E-state index in [0.717, 1.165) is 0 Å². The molecule has 98 valence electrons. The molecule has 0 aliphatic heterocycles. The predicted octanol–water partition coefficient (Wildman–Crippen LogP) is 4.80. The normalized spacial score (nSPS) is 27.4. The minimum absolute atomic E-state index is 0.0834.